The quantitative estimate of drug-likeness (QED) is 0.738. The van der Waals surface area contributed by atoms with Crippen LogP contribution in [0.4, 0.5) is 0 Å². The Labute approximate surface area is 142 Å². The van der Waals surface area contributed by atoms with Crippen LogP contribution in [0, 0.1) is 5.92 Å². The van der Waals surface area contributed by atoms with Gasteiger partial charge in [0.15, 0.2) is 0 Å². The first-order chi connectivity index (χ1) is 11.6. The van der Waals surface area contributed by atoms with Crippen LogP contribution < -0.4 is 10.5 Å². The van der Waals surface area contributed by atoms with E-state index in [9.17, 15) is 10.2 Å². The average molecular weight is 327 g/mol. The van der Waals surface area contributed by atoms with E-state index in [1.165, 1.54) is 11.1 Å². The zero-order chi connectivity index (χ0) is 16.9. The van der Waals surface area contributed by atoms with Gasteiger partial charge in [-0.25, -0.2) is 0 Å². The van der Waals surface area contributed by atoms with Gasteiger partial charge in [-0.2, -0.15) is 0 Å². The van der Waals surface area contributed by atoms with Crippen molar-refractivity contribution in [3.05, 3.63) is 59.7 Å². The molecule has 0 amide bonds. The molecule has 3 rings (SSSR count). The number of aliphatic hydroxyl groups is 1. The zero-order valence-corrected chi connectivity index (χ0v) is 13.8. The Hall–Kier alpha value is -2.04. The highest BCUT2D eigenvalue weighted by Gasteiger charge is 2.28. The predicted molar refractivity (Wildman–Crippen MR) is 94.2 cm³/mol. The summed E-state index contributed by atoms with van der Waals surface area (Å²) in [5.74, 6) is 1.27. The number of phenols is 1. The molecule has 0 fully saturated rings. The average Bonchev–Trinajstić information content (AvgIpc) is 2.81. The third-order valence-corrected chi connectivity index (χ3v) is 4.85. The van der Waals surface area contributed by atoms with Crippen LogP contribution in [0.25, 0.3) is 0 Å². The Bertz CT molecular complexity index is 659. The molecule has 0 saturated heterocycles. The fourth-order valence-electron chi connectivity index (χ4n) is 3.44. The van der Waals surface area contributed by atoms with Crippen LogP contribution in [0.15, 0.2) is 48.5 Å². The molecule has 1 aliphatic rings. The Morgan fingerprint density at radius 2 is 1.92 bits per heavy atom. The molecule has 0 saturated carbocycles. The Kier molecular flexibility index (Phi) is 5.38. The van der Waals surface area contributed by atoms with E-state index >= 15 is 0 Å². The van der Waals surface area contributed by atoms with Crippen molar-refractivity contribution in [2.75, 3.05) is 6.61 Å². The van der Waals surface area contributed by atoms with Gasteiger partial charge in [0, 0.05) is 6.04 Å². The first-order valence-electron chi connectivity index (χ1n) is 8.56. The molecule has 0 heterocycles. The lowest BCUT2D eigenvalue weighted by Gasteiger charge is -2.27. The SMILES string of the molecule is NC(C(O)COc1ccccc1)C1CCCc2cc(O)ccc2C1. The largest absolute Gasteiger partial charge is 0.508 e. The summed E-state index contributed by atoms with van der Waals surface area (Å²) in [5, 5.41) is 20.1. The highest BCUT2D eigenvalue weighted by atomic mass is 16.5. The van der Waals surface area contributed by atoms with Crippen molar-refractivity contribution in [2.24, 2.45) is 11.7 Å². The van der Waals surface area contributed by atoms with Crippen molar-refractivity contribution in [3.63, 3.8) is 0 Å². The van der Waals surface area contributed by atoms with Gasteiger partial charge < -0.3 is 20.7 Å². The number of hydrogen-bond donors (Lipinski definition) is 3. The van der Waals surface area contributed by atoms with Crippen molar-refractivity contribution in [2.45, 2.75) is 37.8 Å². The molecule has 4 heteroatoms. The molecule has 128 valence electrons. The summed E-state index contributed by atoms with van der Waals surface area (Å²) in [6.45, 7) is 0.199. The normalized spacial score (nSPS) is 19.8. The minimum atomic E-state index is -0.700. The summed E-state index contributed by atoms with van der Waals surface area (Å²) in [7, 11) is 0. The molecule has 0 spiro atoms. The molecular formula is C20H25NO3. The van der Waals surface area contributed by atoms with Crippen LogP contribution in [0.1, 0.15) is 24.0 Å². The molecule has 0 radical (unpaired) electrons. The number of ether oxygens (including phenoxy) is 1. The third kappa shape index (κ3) is 4.08. The third-order valence-electron chi connectivity index (χ3n) is 4.85. The lowest BCUT2D eigenvalue weighted by atomic mass is 9.87. The number of aromatic hydroxyl groups is 1. The highest BCUT2D eigenvalue weighted by Crippen LogP contribution is 2.29. The number of fused-ring (bicyclic) bond motifs is 1. The minimum Gasteiger partial charge on any atom is -0.508 e. The van der Waals surface area contributed by atoms with Gasteiger partial charge in [0.2, 0.25) is 0 Å². The monoisotopic (exact) mass is 327 g/mol. The van der Waals surface area contributed by atoms with Gasteiger partial charge in [-0.15, -0.1) is 0 Å². The van der Waals surface area contributed by atoms with Gasteiger partial charge >= 0.3 is 0 Å². The van der Waals surface area contributed by atoms with Crippen molar-refractivity contribution >= 4 is 0 Å². The van der Waals surface area contributed by atoms with Crippen LogP contribution in [0.5, 0.6) is 11.5 Å². The Balaban J connectivity index is 1.61. The van der Waals surface area contributed by atoms with Crippen LogP contribution in [0.3, 0.4) is 0 Å². The molecular weight excluding hydrogens is 302 g/mol. The van der Waals surface area contributed by atoms with Gasteiger partial charge in [0.05, 0.1) is 0 Å². The molecule has 3 atom stereocenters. The summed E-state index contributed by atoms with van der Waals surface area (Å²) >= 11 is 0. The van der Waals surface area contributed by atoms with Gasteiger partial charge in [-0.3, -0.25) is 0 Å². The maximum Gasteiger partial charge on any atom is 0.119 e. The number of aliphatic hydroxyl groups excluding tert-OH is 1. The summed E-state index contributed by atoms with van der Waals surface area (Å²) in [6, 6.07) is 14.7. The van der Waals surface area contributed by atoms with Gasteiger partial charge in [0.25, 0.3) is 0 Å². The Morgan fingerprint density at radius 3 is 2.71 bits per heavy atom. The molecule has 2 aromatic rings. The van der Waals surface area contributed by atoms with E-state index in [1.807, 2.05) is 42.5 Å². The lowest BCUT2D eigenvalue weighted by Crippen LogP contribution is -2.45. The number of nitrogens with two attached hydrogens (primary N) is 1. The number of para-hydroxylation sites is 1. The van der Waals surface area contributed by atoms with Crippen LogP contribution in [-0.2, 0) is 12.8 Å². The maximum absolute atomic E-state index is 10.4. The molecule has 0 bridgehead atoms. The van der Waals surface area contributed by atoms with E-state index in [0.717, 1.165) is 31.4 Å². The van der Waals surface area contributed by atoms with E-state index in [2.05, 4.69) is 0 Å². The summed E-state index contributed by atoms with van der Waals surface area (Å²) in [5.41, 5.74) is 8.75. The zero-order valence-electron chi connectivity index (χ0n) is 13.8. The topological polar surface area (TPSA) is 75.7 Å². The number of hydrogen-bond acceptors (Lipinski definition) is 4. The summed E-state index contributed by atoms with van der Waals surface area (Å²) in [6.07, 6.45) is 3.07. The standard InChI is InChI=1S/C20H25NO3/c21-20(19(23)13-24-18-7-2-1-3-8-18)16-6-4-5-14-12-17(22)10-9-15(14)11-16/h1-3,7-10,12,16,19-20,22-23H,4-6,11,13,21H2. The Morgan fingerprint density at radius 1 is 1.12 bits per heavy atom. The molecule has 4 nitrogen and oxygen atoms in total. The second-order valence-electron chi connectivity index (χ2n) is 6.58. The van der Waals surface area contributed by atoms with Crippen molar-refractivity contribution in [3.8, 4) is 11.5 Å². The van der Waals surface area contributed by atoms with Crippen molar-refractivity contribution in [1.29, 1.82) is 0 Å². The molecule has 0 aromatic heterocycles. The smallest absolute Gasteiger partial charge is 0.119 e. The van der Waals surface area contributed by atoms with Crippen molar-refractivity contribution in [1.82, 2.24) is 0 Å². The molecule has 4 N–H and O–H groups in total. The second-order valence-corrected chi connectivity index (χ2v) is 6.58. The van der Waals surface area contributed by atoms with Gasteiger partial charge in [-0.1, -0.05) is 24.3 Å². The second kappa shape index (κ2) is 7.69. The number of rotatable bonds is 5. The maximum atomic E-state index is 10.4. The predicted octanol–water partition coefficient (Wildman–Crippen LogP) is 2.65. The highest BCUT2D eigenvalue weighted by molar-refractivity contribution is 5.36. The van der Waals surface area contributed by atoms with Gasteiger partial charge in [-0.05, 0) is 67.0 Å². The van der Waals surface area contributed by atoms with E-state index in [0.29, 0.717) is 5.75 Å². The first kappa shape index (κ1) is 16.8. The minimum absolute atomic E-state index is 0.199. The van der Waals surface area contributed by atoms with E-state index < -0.39 is 6.10 Å². The van der Waals surface area contributed by atoms with Crippen LogP contribution >= 0.6 is 0 Å². The molecule has 3 unspecified atom stereocenters. The summed E-state index contributed by atoms with van der Waals surface area (Å²) in [4.78, 5) is 0. The van der Waals surface area contributed by atoms with Gasteiger partial charge in [0.1, 0.15) is 24.2 Å². The number of aryl methyl sites for hydroxylation is 1. The van der Waals surface area contributed by atoms with E-state index in [1.54, 1.807) is 6.07 Å². The fourth-order valence-corrected chi connectivity index (χ4v) is 3.44. The number of benzene rings is 2. The fraction of sp³-hybridized carbons (Fsp3) is 0.400. The molecule has 24 heavy (non-hydrogen) atoms. The van der Waals surface area contributed by atoms with E-state index in [-0.39, 0.29) is 18.6 Å². The number of phenolic OH excluding ortho intramolecular Hbond substituents is 1. The summed E-state index contributed by atoms with van der Waals surface area (Å²) < 4.78 is 5.63. The van der Waals surface area contributed by atoms with Crippen LogP contribution in [0.2, 0.25) is 0 Å². The van der Waals surface area contributed by atoms with Crippen LogP contribution in [-0.4, -0.2) is 29.0 Å². The molecule has 2 aromatic carbocycles. The first-order valence-corrected chi connectivity index (χ1v) is 8.56. The lowest BCUT2D eigenvalue weighted by molar-refractivity contribution is 0.0645. The van der Waals surface area contributed by atoms with E-state index in [4.69, 9.17) is 10.5 Å². The van der Waals surface area contributed by atoms with Crippen molar-refractivity contribution < 1.29 is 14.9 Å². The molecule has 0 aliphatic heterocycles. The molecule has 1 aliphatic carbocycles.